The number of nitrogens with zero attached hydrogens (tertiary/aromatic N) is 2. The summed E-state index contributed by atoms with van der Waals surface area (Å²) >= 11 is 0. The van der Waals surface area contributed by atoms with Gasteiger partial charge in [-0.3, -0.25) is 4.79 Å². The molecule has 1 fully saturated rings. The van der Waals surface area contributed by atoms with E-state index in [1.165, 1.54) is 12.1 Å². The Hall–Kier alpha value is -2.34. The molecule has 1 atom stereocenters. The van der Waals surface area contributed by atoms with E-state index in [2.05, 4.69) is 0 Å². The molecule has 0 N–H and O–H groups in total. The molecule has 2 heterocycles. The lowest BCUT2D eigenvalue weighted by atomic mass is 10.1. The second-order valence-corrected chi connectivity index (χ2v) is 5.44. The lowest BCUT2D eigenvalue weighted by Gasteiger charge is -2.35. The monoisotopic (exact) mass is 318 g/mol. The molecule has 23 heavy (non-hydrogen) atoms. The Morgan fingerprint density at radius 2 is 2.17 bits per heavy atom. The van der Waals surface area contributed by atoms with Crippen LogP contribution in [0.2, 0.25) is 0 Å². The SMILES string of the molecule is Cn1cccc1C1COCCN1C(=O)COc1ccccc1F. The molecule has 1 saturated heterocycles. The van der Waals surface area contributed by atoms with Crippen molar-refractivity contribution in [3.63, 3.8) is 0 Å². The van der Waals surface area contributed by atoms with Crippen LogP contribution in [0, 0.1) is 5.82 Å². The molecule has 1 unspecified atom stereocenters. The van der Waals surface area contributed by atoms with Gasteiger partial charge in [-0.1, -0.05) is 12.1 Å². The molecule has 6 heteroatoms. The number of para-hydroxylation sites is 1. The molecule has 2 aromatic rings. The van der Waals surface area contributed by atoms with E-state index in [0.29, 0.717) is 19.8 Å². The normalized spacial score (nSPS) is 18.0. The van der Waals surface area contributed by atoms with Crippen LogP contribution in [0.1, 0.15) is 11.7 Å². The number of carbonyl (C=O) groups is 1. The number of carbonyl (C=O) groups excluding carboxylic acids is 1. The molecular formula is C17H19FN2O3. The molecule has 122 valence electrons. The number of morpholine rings is 1. The van der Waals surface area contributed by atoms with Gasteiger partial charge in [0.2, 0.25) is 0 Å². The predicted molar refractivity (Wildman–Crippen MR) is 82.6 cm³/mol. The standard InChI is InChI=1S/C17H19FN2O3/c1-19-8-4-6-14(19)15-11-22-10-9-20(15)17(21)12-23-16-7-3-2-5-13(16)18/h2-8,15H,9-12H2,1H3. The Labute approximate surface area is 134 Å². The van der Waals surface area contributed by atoms with Gasteiger partial charge < -0.3 is 18.9 Å². The number of hydrogen-bond donors (Lipinski definition) is 0. The maximum Gasteiger partial charge on any atom is 0.261 e. The van der Waals surface area contributed by atoms with Crippen LogP contribution in [0.15, 0.2) is 42.6 Å². The quantitative estimate of drug-likeness (QED) is 0.867. The Morgan fingerprint density at radius 1 is 1.35 bits per heavy atom. The van der Waals surface area contributed by atoms with Gasteiger partial charge in [0.1, 0.15) is 0 Å². The molecule has 1 aromatic heterocycles. The minimum absolute atomic E-state index is 0.0875. The van der Waals surface area contributed by atoms with Crippen molar-refractivity contribution >= 4 is 5.91 Å². The predicted octanol–water partition coefficient (Wildman–Crippen LogP) is 2.14. The molecule has 0 aliphatic carbocycles. The van der Waals surface area contributed by atoms with Crippen molar-refractivity contribution in [2.75, 3.05) is 26.4 Å². The van der Waals surface area contributed by atoms with Gasteiger partial charge in [-0.2, -0.15) is 0 Å². The van der Waals surface area contributed by atoms with Crippen LogP contribution in [-0.4, -0.2) is 41.7 Å². The summed E-state index contributed by atoms with van der Waals surface area (Å²) < 4.78 is 26.4. The molecule has 1 amide bonds. The van der Waals surface area contributed by atoms with Gasteiger partial charge in [0.15, 0.2) is 18.2 Å². The average Bonchev–Trinajstić information content (AvgIpc) is 3.00. The van der Waals surface area contributed by atoms with Crippen molar-refractivity contribution in [2.45, 2.75) is 6.04 Å². The topological polar surface area (TPSA) is 43.7 Å². The van der Waals surface area contributed by atoms with Gasteiger partial charge in [-0.25, -0.2) is 4.39 Å². The lowest BCUT2D eigenvalue weighted by molar-refractivity contribution is -0.142. The third-order valence-electron chi connectivity index (χ3n) is 3.96. The highest BCUT2D eigenvalue weighted by atomic mass is 19.1. The van der Waals surface area contributed by atoms with Crippen molar-refractivity contribution < 1.29 is 18.7 Å². The number of benzene rings is 1. The lowest BCUT2D eigenvalue weighted by Crippen LogP contribution is -2.45. The molecule has 1 aliphatic heterocycles. The molecule has 1 aromatic carbocycles. The van der Waals surface area contributed by atoms with Crippen LogP contribution >= 0.6 is 0 Å². The molecule has 0 saturated carbocycles. The van der Waals surface area contributed by atoms with Crippen molar-refractivity contribution in [3.05, 3.63) is 54.1 Å². The number of halogens is 1. The van der Waals surface area contributed by atoms with Crippen molar-refractivity contribution in [1.82, 2.24) is 9.47 Å². The summed E-state index contributed by atoms with van der Waals surface area (Å²) in [6, 6.07) is 9.82. The first-order valence-corrected chi connectivity index (χ1v) is 7.52. The second kappa shape index (κ2) is 6.83. The molecule has 1 aliphatic rings. The van der Waals surface area contributed by atoms with Gasteiger partial charge in [-0.05, 0) is 24.3 Å². The zero-order valence-corrected chi connectivity index (χ0v) is 12.9. The molecule has 0 radical (unpaired) electrons. The Bertz CT molecular complexity index is 686. The van der Waals surface area contributed by atoms with E-state index < -0.39 is 5.82 Å². The zero-order chi connectivity index (χ0) is 16.2. The summed E-state index contributed by atoms with van der Waals surface area (Å²) in [6.07, 6.45) is 1.93. The fourth-order valence-electron chi connectivity index (χ4n) is 2.75. The van der Waals surface area contributed by atoms with Crippen LogP contribution in [0.5, 0.6) is 5.75 Å². The van der Waals surface area contributed by atoms with Crippen molar-refractivity contribution in [3.8, 4) is 5.75 Å². The highest BCUT2D eigenvalue weighted by Gasteiger charge is 2.30. The molecule has 0 bridgehead atoms. The van der Waals surface area contributed by atoms with Crippen LogP contribution in [0.3, 0.4) is 0 Å². The van der Waals surface area contributed by atoms with E-state index in [1.807, 2.05) is 29.9 Å². The fourth-order valence-corrected chi connectivity index (χ4v) is 2.75. The van der Waals surface area contributed by atoms with Gasteiger partial charge in [0.25, 0.3) is 5.91 Å². The third kappa shape index (κ3) is 3.37. The highest BCUT2D eigenvalue weighted by molar-refractivity contribution is 5.78. The summed E-state index contributed by atoms with van der Waals surface area (Å²) in [5.41, 5.74) is 1.00. The minimum Gasteiger partial charge on any atom is -0.481 e. The van der Waals surface area contributed by atoms with E-state index in [4.69, 9.17) is 9.47 Å². The highest BCUT2D eigenvalue weighted by Crippen LogP contribution is 2.24. The summed E-state index contributed by atoms with van der Waals surface area (Å²) in [5, 5.41) is 0. The number of rotatable bonds is 4. The number of aromatic nitrogens is 1. The van der Waals surface area contributed by atoms with Gasteiger partial charge in [-0.15, -0.1) is 0 Å². The van der Waals surface area contributed by atoms with E-state index >= 15 is 0 Å². The minimum atomic E-state index is -0.471. The van der Waals surface area contributed by atoms with E-state index in [-0.39, 0.29) is 24.3 Å². The van der Waals surface area contributed by atoms with Crippen LogP contribution in [-0.2, 0) is 16.6 Å². The first-order chi connectivity index (χ1) is 11.2. The van der Waals surface area contributed by atoms with Gasteiger partial charge >= 0.3 is 0 Å². The van der Waals surface area contributed by atoms with Gasteiger partial charge in [0, 0.05) is 25.5 Å². The second-order valence-electron chi connectivity index (χ2n) is 5.44. The first-order valence-electron chi connectivity index (χ1n) is 7.52. The average molecular weight is 318 g/mol. The Balaban J connectivity index is 1.69. The molecular weight excluding hydrogens is 299 g/mol. The smallest absolute Gasteiger partial charge is 0.261 e. The molecule has 3 rings (SSSR count). The van der Waals surface area contributed by atoms with E-state index in [9.17, 15) is 9.18 Å². The van der Waals surface area contributed by atoms with E-state index in [1.54, 1.807) is 17.0 Å². The van der Waals surface area contributed by atoms with Crippen molar-refractivity contribution in [1.29, 1.82) is 0 Å². The fraction of sp³-hybridized carbons (Fsp3) is 0.353. The summed E-state index contributed by atoms with van der Waals surface area (Å²) in [5.74, 6) is -0.562. The van der Waals surface area contributed by atoms with Crippen LogP contribution in [0.4, 0.5) is 4.39 Å². The maximum absolute atomic E-state index is 13.6. The summed E-state index contributed by atoms with van der Waals surface area (Å²) in [4.78, 5) is 14.2. The van der Waals surface area contributed by atoms with E-state index in [0.717, 1.165) is 5.69 Å². The molecule has 5 nitrogen and oxygen atoms in total. The van der Waals surface area contributed by atoms with Gasteiger partial charge in [0.05, 0.1) is 19.3 Å². The largest absolute Gasteiger partial charge is 0.481 e. The number of hydrogen-bond acceptors (Lipinski definition) is 3. The summed E-state index contributed by atoms with van der Waals surface area (Å²) in [6.45, 7) is 1.24. The molecule has 0 spiro atoms. The number of ether oxygens (including phenoxy) is 2. The third-order valence-corrected chi connectivity index (χ3v) is 3.96. The zero-order valence-electron chi connectivity index (χ0n) is 12.9. The first kappa shape index (κ1) is 15.6. The Kier molecular flexibility index (Phi) is 4.62. The maximum atomic E-state index is 13.6. The Morgan fingerprint density at radius 3 is 2.91 bits per heavy atom. The van der Waals surface area contributed by atoms with Crippen LogP contribution < -0.4 is 4.74 Å². The van der Waals surface area contributed by atoms with Crippen LogP contribution in [0.25, 0.3) is 0 Å². The number of amides is 1. The summed E-state index contributed by atoms with van der Waals surface area (Å²) in [7, 11) is 1.93. The number of aryl methyl sites for hydroxylation is 1. The van der Waals surface area contributed by atoms with Crippen molar-refractivity contribution in [2.24, 2.45) is 7.05 Å².